The van der Waals surface area contributed by atoms with E-state index in [4.69, 9.17) is 4.74 Å². The lowest BCUT2D eigenvalue weighted by molar-refractivity contribution is -0.133. The Labute approximate surface area is 154 Å². The molecule has 0 spiro atoms. The van der Waals surface area contributed by atoms with Gasteiger partial charge in [0.2, 0.25) is 5.91 Å². The second kappa shape index (κ2) is 7.25. The normalized spacial score (nSPS) is 20.5. The number of hydrazine groups is 1. The van der Waals surface area contributed by atoms with Crippen molar-refractivity contribution in [1.82, 2.24) is 15.3 Å². The summed E-state index contributed by atoms with van der Waals surface area (Å²) in [4.78, 5) is 29.1. The van der Waals surface area contributed by atoms with Gasteiger partial charge < -0.3 is 14.5 Å². The molecule has 0 aliphatic carbocycles. The van der Waals surface area contributed by atoms with Crippen LogP contribution in [0.2, 0.25) is 0 Å². The third-order valence-corrected chi connectivity index (χ3v) is 4.88. The summed E-state index contributed by atoms with van der Waals surface area (Å²) in [5.41, 5.74) is 3.80. The molecule has 1 fully saturated rings. The molecule has 0 aromatic heterocycles. The first-order valence-electron chi connectivity index (χ1n) is 9.11. The number of aryl methyl sites for hydroxylation is 1. The van der Waals surface area contributed by atoms with Crippen molar-refractivity contribution >= 4 is 17.5 Å². The van der Waals surface area contributed by atoms with Crippen molar-refractivity contribution in [2.24, 2.45) is 0 Å². The molecule has 7 nitrogen and oxygen atoms in total. The van der Waals surface area contributed by atoms with Crippen LogP contribution in [0.1, 0.15) is 25.8 Å². The maximum atomic E-state index is 12.8. The van der Waals surface area contributed by atoms with Gasteiger partial charge in [0.15, 0.2) is 5.60 Å². The molecule has 7 heteroatoms. The molecule has 142 valence electrons. The lowest BCUT2D eigenvalue weighted by Gasteiger charge is -2.39. The molecule has 1 aromatic rings. The van der Waals surface area contributed by atoms with E-state index in [2.05, 4.69) is 17.4 Å². The Hall–Kier alpha value is -2.12. The first kappa shape index (κ1) is 18.7. The summed E-state index contributed by atoms with van der Waals surface area (Å²) in [5, 5.41) is 1.95. The summed E-state index contributed by atoms with van der Waals surface area (Å²) in [6, 6.07) is 5.78. The molecule has 3 rings (SSSR count). The Morgan fingerprint density at radius 2 is 1.92 bits per heavy atom. The lowest BCUT2D eigenvalue weighted by atomic mass is 10.0. The standard InChI is InChI=1S/C19H28N4O3/c1-14-5-6-16-15(13-14)23(18(25)19(2,3)26-16)8-7-17(24)20-22-11-9-21(4)10-12-22/h5-6,13H,7-12H2,1-4H3,(H,20,24). The topological polar surface area (TPSA) is 65.1 Å². The van der Waals surface area contributed by atoms with Gasteiger partial charge in [-0.25, -0.2) is 5.01 Å². The number of hydrogen-bond acceptors (Lipinski definition) is 5. The molecule has 2 heterocycles. The Morgan fingerprint density at radius 3 is 2.62 bits per heavy atom. The van der Waals surface area contributed by atoms with E-state index in [0.29, 0.717) is 12.3 Å². The summed E-state index contributed by atoms with van der Waals surface area (Å²) >= 11 is 0. The minimum atomic E-state index is -0.934. The number of rotatable bonds is 4. The van der Waals surface area contributed by atoms with Crippen LogP contribution >= 0.6 is 0 Å². The van der Waals surface area contributed by atoms with E-state index in [-0.39, 0.29) is 18.2 Å². The highest BCUT2D eigenvalue weighted by Gasteiger charge is 2.40. The Morgan fingerprint density at radius 1 is 1.23 bits per heavy atom. The molecule has 2 aliphatic heterocycles. The number of anilines is 1. The summed E-state index contributed by atoms with van der Waals surface area (Å²) in [7, 11) is 2.07. The van der Waals surface area contributed by atoms with Crippen LogP contribution in [-0.2, 0) is 9.59 Å². The fourth-order valence-corrected chi connectivity index (χ4v) is 3.26. The van der Waals surface area contributed by atoms with E-state index in [9.17, 15) is 9.59 Å². The minimum absolute atomic E-state index is 0.0687. The number of ether oxygens (including phenoxy) is 1. The molecule has 0 bridgehead atoms. The van der Waals surface area contributed by atoms with E-state index in [1.54, 1.807) is 18.7 Å². The summed E-state index contributed by atoms with van der Waals surface area (Å²) in [6.07, 6.45) is 0.252. The van der Waals surface area contributed by atoms with Gasteiger partial charge in [0.25, 0.3) is 5.91 Å². The van der Waals surface area contributed by atoms with Crippen LogP contribution < -0.4 is 15.1 Å². The van der Waals surface area contributed by atoms with Crippen LogP contribution in [0, 0.1) is 6.92 Å². The molecule has 0 saturated carbocycles. The zero-order valence-corrected chi connectivity index (χ0v) is 16.0. The average Bonchev–Trinajstić information content (AvgIpc) is 2.58. The molecule has 1 saturated heterocycles. The number of likely N-dealkylation sites (N-methyl/N-ethyl adjacent to an activating group) is 1. The van der Waals surface area contributed by atoms with Gasteiger partial charge >= 0.3 is 0 Å². The first-order valence-corrected chi connectivity index (χ1v) is 9.11. The highest BCUT2D eigenvalue weighted by Crippen LogP contribution is 2.38. The van der Waals surface area contributed by atoms with Crippen molar-refractivity contribution in [1.29, 1.82) is 0 Å². The van der Waals surface area contributed by atoms with E-state index >= 15 is 0 Å². The van der Waals surface area contributed by atoms with E-state index in [1.165, 1.54) is 0 Å². The zero-order chi connectivity index (χ0) is 18.9. The monoisotopic (exact) mass is 360 g/mol. The third-order valence-electron chi connectivity index (χ3n) is 4.88. The van der Waals surface area contributed by atoms with Gasteiger partial charge in [0.05, 0.1) is 5.69 Å². The lowest BCUT2D eigenvalue weighted by Crippen LogP contribution is -2.54. The molecular formula is C19H28N4O3. The van der Waals surface area contributed by atoms with E-state index in [0.717, 1.165) is 37.4 Å². The second-order valence-corrected chi connectivity index (χ2v) is 7.62. The van der Waals surface area contributed by atoms with Crippen LogP contribution in [0.25, 0.3) is 0 Å². The fraction of sp³-hybridized carbons (Fsp3) is 0.579. The number of nitrogens with one attached hydrogen (secondary N) is 1. The molecule has 0 unspecified atom stereocenters. The van der Waals surface area contributed by atoms with E-state index < -0.39 is 5.60 Å². The summed E-state index contributed by atoms with van der Waals surface area (Å²) in [5.74, 6) is 0.489. The highest BCUT2D eigenvalue weighted by atomic mass is 16.5. The van der Waals surface area contributed by atoms with Crippen molar-refractivity contribution in [2.75, 3.05) is 44.7 Å². The quantitative estimate of drug-likeness (QED) is 0.873. The summed E-state index contributed by atoms with van der Waals surface area (Å²) < 4.78 is 5.85. The van der Waals surface area contributed by atoms with Gasteiger partial charge in [-0.05, 0) is 45.5 Å². The number of hydrogen-bond donors (Lipinski definition) is 1. The van der Waals surface area contributed by atoms with Gasteiger partial charge in [-0.1, -0.05) is 6.07 Å². The van der Waals surface area contributed by atoms with Gasteiger partial charge in [-0.3, -0.25) is 15.0 Å². The van der Waals surface area contributed by atoms with Crippen molar-refractivity contribution < 1.29 is 14.3 Å². The van der Waals surface area contributed by atoms with Crippen molar-refractivity contribution in [3.63, 3.8) is 0 Å². The number of fused-ring (bicyclic) bond motifs is 1. The van der Waals surface area contributed by atoms with Crippen LogP contribution in [0.5, 0.6) is 5.75 Å². The average molecular weight is 360 g/mol. The number of carbonyl (C=O) groups is 2. The van der Waals surface area contributed by atoms with Crippen LogP contribution in [-0.4, -0.2) is 67.1 Å². The molecule has 2 aliphatic rings. The van der Waals surface area contributed by atoms with Gasteiger partial charge in [-0.2, -0.15) is 0 Å². The predicted octanol–water partition coefficient (Wildman–Crippen LogP) is 1.17. The first-order chi connectivity index (χ1) is 12.3. The van der Waals surface area contributed by atoms with Gasteiger partial charge in [-0.15, -0.1) is 0 Å². The number of amides is 2. The summed E-state index contributed by atoms with van der Waals surface area (Å²) in [6.45, 7) is 9.32. The van der Waals surface area contributed by atoms with Crippen LogP contribution in [0.4, 0.5) is 5.69 Å². The molecule has 1 N–H and O–H groups in total. The van der Waals surface area contributed by atoms with Gasteiger partial charge in [0.1, 0.15) is 5.75 Å². The van der Waals surface area contributed by atoms with Crippen LogP contribution in [0.3, 0.4) is 0 Å². The number of piperazine rings is 1. The van der Waals surface area contributed by atoms with Gasteiger partial charge in [0, 0.05) is 39.1 Å². The Balaban J connectivity index is 1.65. The molecule has 26 heavy (non-hydrogen) atoms. The Bertz CT molecular complexity index is 696. The largest absolute Gasteiger partial charge is 0.476 e. The maximum absolute atomic E-state index is 12.8. The highest BCUT2D eigenvalue weighted by molar-refractivity contribution is 6.02. The SMILES string of the molecule is Cc1ccc2c(c1)N(CCC(=O)NN1CCN(C)CC1)C(=O)C(C)(C)O2. The molecular weight excluding hydrogens is 332 g/mol. The van der Waals surface area contributed by atoms with E-state index in [1.807, 2.05) is 30.1 Å². The predicted molar refractivity (Wildman–Crippen MR) is 100 cm³/mol. The smallest absolute Gasteiger partial charge is 0.270 e. The maximum Gasteiger partial charge on any atom is 0.270 e. The molecule has 1 aromatic carbocycles. The van der Waals surface area contributed by atoms with Crippen molar-refractivity contribution in [3.05, 3.63) is 23.8 Å². The second-order valence-electron chi connectivity index (χ2n) is 7.62. The molecule has 0 atom stereocenters. The van der Waals surface area contributed by atoms with Crippen molar-refractivity contribution in [2.45, 2.75) is 32.8 Å². The molecule has 2 amide bonds. The minimum Gasteiger partial charge on any atom is -0.476 e. The number of carbonyl (C=O) groups excluding carboxylic acids is 2. The van der Waals surface area contributed by atoms with Crippen molar-refractivity contribution in [3.8, 4) is 5.75 Å². The number of nitrogens with zero attached hydrogens (tertiary/aromatic N) is 3. The third kappa shape index (κ3) is 3.99. The zero-order valence-electron chi connectivity index (χ0n) is 16.0. The molecule has 0 radical (unpaired) electrons. The number of benzene rings is 1. The fourth-order valence-electron chi connectivity index (χ4n) is 3.26. The van der Waals surface area contributed by atoms with Crippen LogP contribution in [0.15, 0.2) is 18.2 Å². The Kier molecular flexibility index (Phi) is 5.20.